The zero-order chi connectivity index (χ0) is 23.7. The maximum absolute atomic E-state index is 13.3. The van der Waals surface area contributed by atoms with Crippen molar-refractivity contribution in [3.63, 3.8) is 0 Å². The molecule has 9 heteroatoms. The van der Waals surface area contributed by atoms with Gasteiger partial charge in [-0.05, 0) is 31.2 Å². The highest BCUT2D eigenvalue weighted by Crippen LogP contribution is 2.38. The number of aromatic nitrogens is 2. The van der Waals surface area contributed by atoms with Crippen molar-refractivity contribution in [3.05, 3.63) is 81.6 Å². The largest absolute Gasteiger partial charge is 0.486 e. The number of fused-ring (bicyclic) bond motifs is 2. The lowest BCUT2D eigenvalue weighted by molar-refractivity contribution is -0.113. The zero-order valence-electron chi connectivity index (χ0n) is 18.2. The molecule has 5 rings (SSSR count). The lowest BCUT2D eigenvalue weighted by atomic mass is 10.2. The van der Waals surface area contributed by atoms with Gasteiger partial charge in [-0.2, -0.15) is 0 Å². The van der Waals surface area contributed by atoms with Crippen molar-refractivity contribution >= 4 is 45.9 Å². The summed E-state index contributed by atoms with van der Waals surface area (Å²) in [6.07, 6.45) is 0. The average molecular weight is 494 g/mol. The van der Waals surface area contributed by atoms with E-state index in [4.69, 9.17) is 21.1 Å². The molecule has 0 saturated carbocycles. The molecular formula is C25H20ClN3O4S. The number of halogens is 1. The summed E-state index contributed by atoms with van der Waals surface area (Å²) in [6.45, 7) is 2.86. The fourth-order valence-corrected chi connectivity index (χ4v) is 4.62. The van der Waals surface area contributed by atoms with Crippen LogP contribution in [0.3, 0.4) is 0 Å². The van der Waals surface area contributed by atoms with Gasteiger partial charge in [0, 0.05) is 12.1 Å². The van der Waals surface area contributed by atoms with E-state index in [9.17, 15) is 9.59 Å². The number of rotatable bonds is 5. The van der Waals surface area contributed by atoms with Crippen molar-refractivity contribution in [1.82, 2.24) is 9.55 Å². The summed E-state index contributed by atoms with van der Waals surface area (Å²) in [5.74, 6) is 0.817. The molecule has 4 aromatic rings. The molecule has 0 radical (unpaired) electrons. The first-order chi connectivity index (χ1) is 16.5. The van der Waals surface area contributed by atoms with Crippen LogP contribution in [0, 0.1) is 6.92 Å². The Morgan fingerprint density at radius 2 is 1.79 bits per heavy atom. The second-order valence-corrected chi connectivity index (χ2v) is 9.05. The van der Waals surface area contributed by atoms with Crippen molar-refractivity contribution < 1.29 is 14.3 Å². The predicted molar refractivity (Wildman–Crippen MR) is 134 cm³/mol. The Labute approximate surface area is 204 Å². The quantitative estimate of drug-likeness (QED) is 0.316. The molecule has 1 aromatic heterocycles. The molecule has 34 heavy (non-hydrogen) atoms. The van der Waals surface area contributed by atoms with Gasteiger partial charge in [0.2, 0.25) is 5.91 Å². The summed E-state index contributed by atoms with van der Waals surface area (Å²) in [6, 6.07) is 18.0. The lowest BCUT2D eigenvalue weighted by Gasteiger charge is -2.20. The Hall–Kier alpha value is -3.49. The monoisotopic (exact) mass is 493 g/mol. The number of carbonyl (C=O) groups excluding carboxylic acids is 1. The van der Waals surface area contributed by atoms with Crippen molar-refractivity contribution in [2.24, 2.45) is 0 Å². The summed E-state index contributed by atoms with van der Waals surface area (Å²) in [5, 5.41) is 4.10. The SMILES string of the molecule is Cc1ccc(-n2c(SCC(=O)Nc3cc4c(cc3Cl)OCCO4)nc3ccccc3c2=O)cc1. The topological polar surface area (TPSA) is 82.5 Å². The zero-order valence-corrected chi connectivity index (χ0v) is 19.8. The fourth-order valence-electron chi connectivity index (χ4n) is 3.61. The minimum Gasteiger partial charge on any atom is -0.486 e. The van der Waals surface area contributed by atoms with Crippen LogP contribution >= 0.6 is 23.4 Å². The molecule has 0 aliphatic carbocycles. The summed E-state index contributed by atoms with van der Waals surface area (Å²) in [5.41, 5.74) is 2.59. The van der Waals surface area contributed by atoms with E-state index in [0.717, 1.165) is 5.56 Å². The van der Waals surface area contributed by atoms with E-state index in [1.165, 1.54) is 16.3 Å². The summed E-state index contributed by atoms with van der Waals surface area (Å²) in [4.78, 5) is 30.8. The number of amides is 1. The molecule has 1 N–H and O–H groups in total. The summed E-state index contributed by atoms with van der Waals surface area (Å²) in [7, 11) is 0. The van der Waals surface area contributed by atoms with Gasteiger partial charge in [0.05, 0.1) is 33.1 Å². The number of hydrogen-bond donors (Lipinski definition) is 1. The first-order valence-corrected chi connectivity index (χ1v) is 12.0. The van der Waals surface area contributed by atoms with E-state index < -0.39 is 0 Å². The van der Waals surface area contributed by atoms with Crippen molar-refractivity contribution in [2.75, 3.05) is 24.3 Å². The van der Waals surface area contributed by atoms with Gasteiger partial charge in [0.25, 0.3) is 5.56 Å². The number of aryl methyl sites for hydroxylation is 1. The van der Waals surface area contributed by atoms with Gasteiger partial charge in [-0.25, -0.2) is 4.98 Å². The van der Waals surface area contributed by atoms with Gasteiger partial charge in [-0.1, -0.05) is 53.2 Å². The molecule has 1 aliphatic heterocycles. The van der Waals surface area contributed by atoms with E-state index in [1.807, 2.05) is 43.3 Å². The smallest absolute Gasteiger partial charge is 0.266 e. The van der Waals surface area contributed by atoms with Gasteiger partial charge in [0.15, 0.2) is 16.7 Å². The highest BCUT2D eigenvalue weighted by molar-refractivity contribution is 7.99. The predicted octanol–water partition coefficient (Wildman–Crippen LogP) is 4.85. The fraction of sp³-hybridized carbons (Fsp3) is 0.160. The molecule has 3 aromatic carbocycles. The molecule has 0 saturated heterocycles. The molecule has 2 heterocycles. The third kappa shape index (κ3) is 4.47. The number of nitrogens with zero attached hydrogens (tertiary/aromatic N) is 2. The third-order valence-corrected chi connectivity index (χ3v) is 6.53. The van der Waals surface area contributed by atoms with Crippen LogP contribution in [0.2, 0.25) is 5.02 Å². The van der Waals surface area contributed by atoms with Gasteiger partial charge in [-0.3, -0.25) is 14.2 Å². The van der Waals surface area contributed by atoms with Crippen LogP contribution in [0.15, 0.2) is 70.6 Å². The number of para-hydroxylation sites is 1. The first kappa shape index (κ1) is 22.3. The second-order valence-electron chi connectivity index (χ2n) is 7.70. The van der Waals surface area contributed by atoms with Gasteiger partial charge in [-0.15, -0.1) is 0 Å². The number of thioether (sulfide) groups is 1. The molecule has 0 unspecified atom stereocenters. The number of nitrogens with one attached hydrogen (secondary N) is 1. The molecule has 7 nitrogen and oxygen atoms in total. The number of benzene rings is 3. The standard InChI is InChI=1S/C25H20ClN3O4S/c1-15-6-8-16(9-7-15)29-24(31)17-4-2-3-5-19(17)28-25(29)34-14-23(30)27-20-13-22-21(12-18(20)26)32-10-11-33-22/h2-9,12-13H,10-11,14H2,1H3,(H,27,30). The van der Waals surface area contributed by atoms with E-state index >= 15 is 0 Å². The molecule has 0 spiro atoms. The molecule has 172 valence electrons. The number of ether oxygens (including phenoxy) is 2. The minimum absolute atomic E-state index is 0.0292. The van der Waals surface area contributed by atoms with E-state index in [1.54, 1.807) is 24.3 Å². The van der Waals surface area contributed by atoms with Crippen molar-refractivity contribution in [3.8, 4) is 17.2 Å². The van der Waals surface area contributed by atoms with Crippen molar-refractivity contribution in [2.45, 2.75) is 12.1 Å². The molecular weight excluding hydrogens is 474 g/mol. The molecule has 0 bridgehead atoms. The average Bonchev–Trinajstić information content (AvgIpc) is 2.84. The Bertz CT molecular complexity index is 1450. The van der Waals surface area contributed by atoms with E-state index in [-0.39, 0.29) is 17.2 Å². The highest BCUT2D eigenvalue weighted by atomic mass is 35.5. The van der Waals surface area contributed by atoms with Crippen LogP contribution in [0.1, 0.15) is 5.56 Å². The molecule has 0 atom stereocenters. The Morgan fingerprint density at radius 1 is 1.09 bits per heavy atom. The second kappa shape index (κ2) is 9.40. The summed E-state index contributed by atoms with van der Waals surface area (Å²) < 4.78 is 12.6. The van der Waals surface area contributed by atoms with Crippen molar-refractivity contribution in [1.29, 1.82) is 0 Å². The van der Waals surface area contributed by atoms with Crippen LogP contribution in [-0.2, 0) is 4.79 Å². The minimum atomic E-state index is -0.290. The maximum Gasteiger partial charge on any atom is 0.266 e. The Morgan fingerprint density at radius 3 is 2.56 bits per heavy atom. The van der Waals surface area contributed by atoms with Gasteiger partial charge >= 0.3 is 0 Å². The van der Waals surface area contributed by atoms with Crippen LogP contribution < -0.4 is 20.3 Å². The van der Waals surface area contributed by atoms with Gasteiger partial charge < -0.3 is 14.8 Å². The normalized spacial score (nSPS) is 12.5. The molecule has 1 aliphatic rings. The molecule has 1 amide bonds. The van der Waals surface area contributed by atoms with E-state index in [0.29, 0.717) is 57.2 Å². The van der Waals surface area contributed by atoms with Crippen LogP contribution in [-0.4, -0.2) is 34.4 Å². The third-order valence-electron chi connectivity index (χ3n) is 5.28. The Kier molecular flexibility index (Phi) is 6.17. The number of anilines is 1. The Balaban J connectivity index is 1.42. The van der Waals surface area contributed by atoms with Gasteiger partial charge in [0.1, 0.15) is 13.2 Å². The highest BCUT2D eigenvalue weighted by Gasteiger charge is 2.18. The maximum atomic E-state index is 13.3. The number of hydrogen-bond acceptors (Lipinski definition) is 6. The molecule has 0 fully saturated rings. The van der Waals surface area contributed by atoms with E-state index in [2.05, 4.69) is 10.3 Å². The van der Waals surface area contributed by atoms with Crippen LogP contribution in [0.5, 0.6) is 11.5 Å². The number of carbonyl (C=O) groups is 1. The first-order valence-electron chi connectivity index (χ1n) is 10.6. The lowest BCUT2D eigenvalue weighted by Crippen LogP contribution is -2.23. The summed E-state index contributed by atoms with van der Waals surface area (Å²) >= 11 is 7.49. The van der Waals surface area contributed by atoms with Crippen LogP contribution in [0.25, 0.3) is 16.6 Å². The van der Waals surface area contributed by atoms with Crippen LogP contribution in [0.4, 0.5) is 5.69 Å².